The van der Waals surface area contributed by atoms with Crippen LogP contribution < -0.4 is 5.32 Å². The lowest BCUT2D eigenvalue weighted by Crippen LogP contribution is -2.46. The molecule has 0 aromatic rings. The minimum absolute atomic E-state index is 0.0974. The molecule has 1 unspecified atom stereocenters. The first kappa shape index (κ1) is 15.2. The van der Waals surface area contributed by atoms with Crippen molar-refractivity contribution < 1.29 is 14.6 Å². The Morgan fingerprint density at radius 3 is 2.58 bits per heavy atom. The average Bonchev–Trinajstić information content (AvgIpc) is 3.23. The first-order valence-corrected chi connectivity index (χ1v) is 7.80. The van der Waals surface area contributed by atoms with Crippen LogP contribution in [-0.2, 0) is 9.47 Å². The molecule has 1 heterocycles. The summed E-state index contributed by atoms with van der Waals surface area (Å²) in [6, 6.07) is 0.649. The number of ether oxygens (including phenoxy) is 2. The molecular formula is C15H29NO3. The minimum Gasteiger partial charge on any atom is -0.394 e. The quantitative estimate of drug-likeness (QED) is 0.628. The highest BCUT2D eigenvalue weighted by Gasteiger charge is 2.31. The summed E-state index contributed by atoms with van der Waals surface area (Å²) in [5.74, 6) is 0. The number of aliphatic hydroxyl groups excluding tert-OH is 1. The monoisotopic (exact) mass is 271 g/mol. The maximum Gasteiger partial charge on any atom is 0.0619 e. The van der Waals surface area contributed by atoms with E-state index >= 15 is 0 Å². The standard InChI is InChI=1S/C15H29NO3/c1-15(12-17,16-13-4-5-13)8-2-3-9-19-14-6-10-18-11-7-14/h13-14,16-17H,2-12H2,1H3. The number of rotatable bonds is 9. The van der Waals surface area contributed by atoms with Crippen LogP contribution in [0, 0.1) is 0 Å². The lowest BCUT2D eigenvalue weighted by atomic mass is 9.95. The minimum atomic E-state index is -0.0974. The zero-order chi connectivity index (χ0) is 13.6. The van der Waals surface area contributed by atoms with Crippen molar-refractivity contribution in [2.24, 2.45) is 0 Å². The van der Waals surface area contributed by atoms with E-state index in [1.165, 1.54) is 12.8 Å². The van der Waals surface area contributed by atoms with E-state index in [0.717, 1.165) is 51.9 Å². The maximum absolute atomic E-state index is 9.51. The number of nitrogens with one attached hydrogen (secondary N) is 1. The van der Waals surface area contributed by atoms with Crippen LogP contribution in [0.2, 0.25) is 0 Å². The summed E-state index contributed by atoms with van der Waals surface area (Å²) in [5, 5.41) is 13.1. The molecule has 0 spiro atoms. The Hall–Kier alpha value is -0.160. The molecule has 1 saturated carbocycles. The third kappa shape index (κ3) is 5.78. The van der Waals surface area contributed by atoms with Crippen LogP contribution in [0.4, 0.5) is 0 Å². The second kappa shape index (κ2) is 7.58. The van der Waals surface area contributed by atoms with Crippen molar-refractivity contribution in [2.45, 2.75) is 69.6 Å². The molecule has 4 heteroatoms. The van der Waals surface area contributed by atoms with Gasteiger partial charge in [0.1, 0.15) is 0 Å². The largest absolute Gasteiger partial charge is 0.394 e. The third-order valence-electron chi connectivity index (χ3n) is 4.12. The van der Waals surface area contributed by atoms with Crippen molar-refractivity contribution in [3.63, 3.8) is 0 Å². The Kier molecular flexibility index (Phi) is 6.07. The van der Waals surface area contributed by atoms with Gasteiger partial charge in [0, 0.05) is 31.4 Å². The molecule has 1 aliphatic heterocycles. The summed E-state index contributed by atoms with van der Waals surface area (Å²) < 4.78 is 11.2. The summed E-state index contributed by atoms with van der Waals surface area (Å²) in [6.07, 6.45) is 8.24. The van der Waals surface area contributed by atoms with E-state index < -0.39 is 0 Å². The van der Waals surface area contributed by atoms with Gasteiger partial charge in [0.05, 0.1) is 12.7 Å². The van der Waals surface area contributed by atoms with E-state index in [4.69, 9.17) is 9.47 Å². The predicted molar refractivity (Wildman–Crippen MR) is 75.3 cm³/mol. The zero-order valence-corrected chi connectivity index (χ0v) is 12.2. The second-order valence-electron chi connectivity index (χ2n) is 6.28. The van der Waals surface area contributed by atoms with E-state index in [-0.39, 0.29) is 12.1 Å². The van der Waals surface area contributed by atoms with Crippen LogP contribution in [0.5, 0.6) is 0 Å². The van der Waals surface area contributed by atoms with Gasteiger partial charge in [-0.3, -0.25) is 0 Å². The molecule has 19 heavy (non-hydrogen) atoms. The average molecular weight is 271 g/mol. The number of aliphatic hydroxyl groups is 1. The molecule has 2 N–H and O–H groups in total. The molecule has 2 fully saturated rings. The van der Waals surface area contributed by atoms with Crippen molar-refractivity contribution >= 4 is 0 Å². The smallest absolute Gasteiger partial charge is 0.0619 e. The van der Waals surface area contributed by atoms with Crippen LogP contribution >= 0.6 is 0 Å². The molecule has 0 aromatic heterocycles. The fraction of sp³-hybridized carbons (Fsp3) is 1.00. The normalized spacial score (nSPS) is 24.3. The van der Waals surface area contributed by atoms with Crippen molar-refractivity contribution in [1.29, 1.82) is 0 Å². The molecule has 0 aromatic carbocycles. The molecule has 4 nitrogen and oxygen atoms in total. The number of hydrogen-bond acceptors (Lipinski definition) is 4. The molecule has 0 radical (unpaired) electrons. The van der Waals surface area contributed by atoms with Gasteiger partial charge < -0.3 is 19.9 Å². The SMILES string of the molecule is CC(CO)(CCCCOC1CCOCC1)NC1CC1. The van der Waals surface area contributed by atoms with E-state index in [0.29, 0.717) is 12.1 Å². The van der Waals surface area contributed by atoms with E-state index in [1.54, 1.807) is 0 Å². The van der Waals surface area contributed by atoms with Gasteiger partial charge >= 0.3 is 0 Å². The second-order valence-corrected chi connectivity index (χ2v) is 6.28. The molecule has 1 saturated heterocycles. The van der Waals surface area contributed by atoms with Crippen molar-refractivity contribution in [1.82, 2.24) is 5.32 Å². The van der Waals surface area contributed by atoms with Crippen molar-refractivity contribution in [3.05, 3.63) is 0 Å². The Labute approximate surface area is 116 Å². The van der Waals surface area contributed by atoms with Crippen molar-refractivity contribution in [3.8, 4) is 0 Å². The van der Waals surface area contributed by atoms with Crippen LogP contribution in [0.3, 0.4) is 0 Å². The van der Waals surface area contributed by atoms with E-state index in [1.807, 2.05) is 0 Å². The predicted octanol–water partition coefficient (Wildman–Crippen LogP) is 1.86. The molecule has 1 atom stereocenters. The van der Waals surface area contributed by atoms with Crippen LogP contribution in [-0.4, -0.2) is 49.2 Å². The first-order valence-electron chi connectivity index (χ1n) is 7.80. The van der Waals surface area contributed by atoms with Crippen LogP contribution in [0.25, 0.3) is 0 Å². The number of unbranched alkanes of at least 4 members (excludes halogenated alkanes) is 1. The summed E-state index contributed by atoms with van der Waals surface area (Å²) in [6.45, 7) is 4.89. The van der Waals surface area contributed by atoms with E-state index in [9.17, 15) is 5.11 Å². The molecule has 2 rings (SSSR count). The highest BCUT2D eigenvalue weighted by atomic mass is 16.5. The van der Waals surface area contributed by atoms with Gasteiger partial charge in [0.2, 0.25) is 0 Å². The van der Waals surface area contributed by atoms with Gasteiger partial charge in [0.15, 0.2) is 0 Å². The Bertz CT molecular complexity index is 252. The fourth-order valence-corrected chi connectivity index (χ4v) is 2.63. The summed E-state index contributed by atoms with van der Waals surface area (Å²) in [7, 11) is 0. The molecule has 0 amide bonds. The summed E-state index contributed by atoms with van der Waals surface area (Å²) in [5.41, 5.74) is -0.0974. The number of hydrogen-bond donors (Lipinski definition) is 2. The molecular weight excluding hydrogens is 242 g/mol. The van der Waals surface area contributed by atoms with Gasteiger partial charge in [0.25, 0.3) is 0 Å². The lowest BCUT2D eigenvalue weighted by Gasteiger charge is -2.29. The Morgan fingerprint density at radius 1 is 1.21 bits per heavy atom. The highest BCUT2D eigenvalue weighted by Crippen LogP contribution is 2.25. The molecule has 2 aliphatic rings. The van der Waals surface area contributed by atoms with Gasteiger partial charge in [-0.2, -0.15) is 0 Å². The fourth-order valence-electron chi connectivity index (χ4n) is 2.63. The molecule has 1 aliphatic carbocycles. The summed E-state index contributed by atoms with van der Waals surface area (Å²) >= 11 is 0. The van der Waals surface area contributed by atoms with E-state index in [2.05, 4.69) is 12.2 Å². The van der Waals surface area contributed by atoms with Gasteiger partial charge in [-0.1, -0.05) is 0 Å². The summed E-state index contributed by atoms with van der Waals surface area (Å²) in [4.78, 5) is 0. The molecule has 112 valence electrons. The van der Waals surface area contributed by atoms with Crippen molar-refractivity contribution in [2.75, 3.05) is 26.4 Å². The van der Waals surface area contributed by atoms with Crippen LogP contribution in [0.1, 0.15) is 51.9 Å². The third-order valence-corrected chi connectivity index (χ3v) is 4.12. The highest BCUT2D eigenvalue weighted by molar-refractivity contribution is 4.92. The zero-order valence-electron chi connectivity index (χ0n) is 12.2. The van der Waals surface area contributed by atoms with Gasteiger partial charge in [-0.15, -0.1) is 0 Å². The van der Waals surface area contributed by atoms with Crippen LogP contribution in [0.15, 0.2) is 0 Å². The Morgan fingerprint density at radius 2 is 1.95 bits per heavy atom. The Balaban J connectivity index is 1.52. The lowest BCUT2D eigenvalue weighted by molar-refractivity contribution is -0.0330. The first-order chi connectivity index (χ1) is 9.22. The van der Waals surface area contributed by atoms with Gasteiger partial charge in [-0.05, 0) is 51.9 Å². The molecule has 0 bridgehead atoms. The van der Waals surface area contributed by atoms with Gasteiger partial charge in [-0.25, -0.2) is 0 Å². The maximum atomic E-state index is 9.51. The topological polar surface area (TPSA) is 50.7 Å².